The molecule has 2 aromatic rings. The van der Waals surface area contributed by atoms with Gasteiger partial charge in [-0.15, -0.1) is 0 Å². The summed E-state index contributed by atoms with van der Waals surface area (Å²) in [5.74, 6) is 1.38. The molecule has 1 fully saturated rings. The standard InChI is InChI=1S/C14H17ClN4/c1-3-8-19-11(6-7-16-19)12-9(2)13(15)18-14(17-12)10-4-5-10/h6-7,10H,3-5,8H2,1-2H3. The van der Waals surface area contributed by atoms with E-state index in [9.17, 15) is 0 Å². The Morgan fingerprint density at radius 2 is 2.16 bits per heavy atom. The van der Waals surface area contributed by atoms with Crippen LogP contribution in [0.25, 0.3) is 11.4 Å². The fourth-order valence-corrected chi connectivity index (χ4v) is 2.38. The number of hydrogen-bond acceptors (Lipinski definition) is 3. The number of aryl methyl sites for hydroxylation is 1. The second-order valence-corrected chi connectivity index (χ2v) is 5.42. The smallest absolute Gasteiger partial charge is 0.136 e. The molecule has 0 aromatic carbocycles. The molecule has 0 radical (unpaired) electrons. The molecule has 0 unspecified atom stereocenters. The highest BCUT2D eigenvalue weighted by atomic mass is 35.5. The van der Waals surface area contributed by atoms with E-state index < -0.39 is 0 Å². The summed E-state index contributed by atoms with van der Waals surface area (Å²) in [6.45, 7) is 5.00. The average Bonchev–Trinajstić information content (AvgIpc) is 3.14. The number of nitrogens with zero attached hydrogens (tertiary/aromatic N) is 4. The number of hydrogen-bond donors (Lipinski definition) is 0. The van der Waals surface area contributed by atoms with E-state index in [0.29, 0.717) is 11.1 Å². The van der Waals surface area contributed by atoms with Gasteiger partial charge in [-0.2, -0.15) is 5.10 Å². The lowest BCUT2D eigenvalue weighted by molar-refractivity contribution is 0.607. The van der Waals surface area contributed by atoms with E-state index >= 15 is 0 Å². The molecular weight excluding hydrogens is 260 g/mol. The average molecular weight is 277 g/mol. The number of halogens is 1. The molecule has 4 nitrogen and oxygen atoms in total. The van der Waals surface area contributed by atoms with Gasteiger partial charge in [-0.3, -0.25) is 4.68 Å². The van der Waals surface area contributed by atoms with Crippen LogP contribution in [0.15, 0.2) is 12.3 Å². The first kappa shape index (κ1) is 12.6. The molecule has 19 heavy (non-hydrogen) atoms. The molecule has 2 heterocycles. The zero-order chi connectivity index (χ0) is 13.4. The van der Waals surface area contributed by atoms with E-state index in [-0.39, 0.29) is 0 Å². The lowest BCUT2D eigenvalue weighted by atomic mass is 10.2. The molecule has 1 saturated carbocycles. The van der Waals surface area contributed by atoms with Crippen molar-refractivity contribution in [2.24, 2.45) is 0 Å². The van der Waals surface area contributed by atoms with Crippen LogP contribution < -0.4 is 0 Å². The summed E-state index contributed by atoms with van der Waals surface area (Å²) in [6.07, 6.45) is 5.21. The normalized spacial score (nSPS) is 14.9. The summed E-state index contributed by atoms with van der Waals surface area (Å²) in [4.78, 5) is 9.13. The summed E-state index contributed by atoms with van der Waals surface area (Å²) in [5.41, 5.74) is 2.89. The highest BCUT2D eigenvalue weighted by molar-refractivity contribution is 6.30. The fraction of sp³-hybridized carbons (Fsp3) is 0.500. The molecule has 0 aliphatic heterocycles. The molecule has 0 amide bonds. The van der Waals surface area contributed by atoms with E-state index in [0.717, 1.165) is 35.7 Å². The van der Waals surface area contributed by atoms with Gasteiger partial charge in [0.05, 0.1) is 11.4 Å². The molecular formula is C14H17ClN4. The van der Waals surface area contributed by atoms with Gasteiger partial charge in [-0.05, 0) is 32.3 Å². The predicted molar refractivity (Wildman–Crippen MR) is 75.3 cm³/mol. The van der Waals surface area contributed by atoms with Crippen LogP contribution in [0.4, 0.5) is 0 Å². The Kier molecular flexibility index (Phi) is 3.27. The van der Waals surface area contributed by atoms with Gasteiger partial charge in [0.2, 0.25) is 0 Å². The first-order chi connectivity index (χ1) is 9.20. The lowest BCUT2D eigenvalue weighted by Crippen LogP contribution is -2.06. The van der Waals surface area contributed by atoms with Crippen LogP contribution in [0.3, 0.4) is 0 Å². The molecule has 2 aromatic heterocycles. The second kappa shape index (κ2) is 4.93. The van der Waals surface area contributed by atoms with Crippen molar-refractivity contribution < 1.29 is 0 Å². The molecule has 1 aliphatic rings. The fourth-order valence-electron chi connectivity index (χ4n) is 2.20. The van der Waals surface area contributed by atoms with Crippen LogP contribution in [0.2, 0.25) is 5.15 Å². The van der Waals surface area contributed by atoms with Crippen molar-refractivity contribution in [3.8, 4) is 11.4 Å². The van der Waals surface area contributed by atoms with Gasteiger partial charge in [0.1, 0.15) is 11.0 Å². The van der Waals surface area contributed by atoms with Gasteiger partial charge in [0, 0.05) is 24.2 Å². The molecule has 0 N–H and O–H groups in total. The molecule has 0 spiro atoms. The quantitative estimate of drug-likeness (QED) is 0.802. The van der Waals surface area contributed by atoms with Crippen LogP contribution in [0.5, 0.6) is 0 Å². The van der Waals surface area contributed by atoms with E-state index in [1.807, 2.05) is 23.9 Å². The Morgan fingerprint density at radius 3 is 2.84 bits per heavy atom. The SMILES string of the molecule is CCCn1nccc1-c1nc(C2CC2)nc(Cl)c1C. The highest BCUT2D eigenvalue weighted by Crippen LogP contribution is 2.40. The Bertz CT molecular complexity index is 601. The molecule has 1 aliphatic carbocycles. The van der Waals surface area contributed by atoms with Crippen molar-refractivity contribution in [2.45, 2.75) is 45.6 Å². The van der Waals surface area contributed by atoms with Gasteiger partial charge in [-0.1, -0.05) is 18.5 Å². The van der Waals surface area contributed by atoms with Crippen LogP contribution in [0.1, 0.15) is 43.5 Å². The largest absolute Gasteiger partial charge is 0.263 e. The Hall–Kier alpha value is -1.42. The number of aromatic nitrogens is 4. The first-order valence-corrected chi connectivity index (χ1v) is 7.14. The van der Waals surface area contributed by atoms with Crippen molar-refractivity contribution >= 4 is 11.6 Å². The minimum absolute atomic E-state index is 0.499. The highest BCUT2D eigenvalue weighted by Gasteiger charge is 2.28. The Balaban J connectivity index is 2.09. The minimum atomic E-state index is 0.499. The van der Waals surface area contributed by atoms with Gasteiger partial charge in [0.25, 0.3) is 0 Å². The van der Waals surface area contributed by atoms with Crippen LogP contribution in [-0.4, -0.2) is 19.7 Å². The van der Waals surface area contributed by atoms with Crippen molar-refractivity contribution in [3.05, 3.63) is 28.8 Å². The number of rotatable bonds is 4. The van der Waals surface area contributed by atoms with Crippen molar-refractivity contribution in [2.75, 3.05) is 0 Å². The molecule has 0 atom stereocenters. The summed E-state index contributed by atoms with van der Waals surface area (Å²) in [6, 6.07) is 2.00. The first-order valence-electron chi connectivity index (χ1n) is 6.77. The van der Waals surface area contributed by atoms with E-state index in [1.165, 1.54) is 12.8 Å². The maximum atomic E-state index is 6.26. The van der Waals surface area contributed by atoms with Gasteiger partial charge in [-0.25, -0.2) is 9.97 Å². The summed E-state index contributed by atoms with van der Waals surface area (Å²) in [7, 11) is 0. The van der Waals surface area contributed by atoms with E-state index in [4.69, 9.17) is 16.6 Å². The van der Waals surface area contributed by atoms with Gasteiger partial charge >= 0.3 is 0 Å². The van der Waals surface area contributed by atoms with Crippen molar-refractivity contribution in [1.29, 1.82) is 0 Å². The van der Waals surface area contributed by atoms with Crippen LogP contribution >= 0.6 is 11.6 Å². The molecule has 5 heteroatoms. The summed E-state index contributed by atoms with van der Waals surface area (Å²) < 4.78 is 1.99. The summed E-state index contributed by atoms with van der Waals surface area (Å²) in [5, 5.41) is 4.92. The Morgan fingerprint density at radius 1 is 1.37 bits per heavy atom. The zero-order valence-corrected chi connectivity index (χ0v) is 12.0. The van der Waals surface area contributed by atoms with E-state index in [2.05, 4.69) is 17.0 Å². The van der Waals surface area contributed by atoms with Crippen molar-refractivity contribution in [3.63, 3.8) is 0 Å². The third kappa shape index (κ3) is 2.37. The van der Waals surface area contributed by atoms with E-state index in [1.54, 1.807) is 0 Å². The second-order valence-electron chi connectivity index (χ2n) is 5.06. The van der Waals surface area contributed by atoms with Crippen LogP contribution in [0, 0.1) is 6.92 Å². The predicted octanol–water partition coefficient (Wildman–Crippen LogP) is 3.59. The Labute approximate surface area is 117 Å². The van der Waals surface area contributed by atoms with Crippen molar-refractivity contribution in [1.82, 2.24) is 19.7 Å². The monoisotopic (exact) mass is 276 g/mol. The maximum Gasteiger partial charge on any atom is 0.136 e. The van der Waals surface area contributed by atoms with Gasteiger partial charge in [0.15, 0.2) is 0 Å². The topological polar surface area (TPSA) is 43.6 Å². The van der Waals surface area contributed by atoms with Crippen LogP contribution in [-0.2, 0) is 6.54 Å². The molecule has 3 rings (SSSR count). The van der Waals surface area contributed by atoms with Gasteiger partial charge < -0.3 is 0 Å². The summed E-state index contributed by atoms with van der Waals surface area (Å²) >= 11 is 6.26. The molecule has 100 valence electrons. The zero-order valence-electron chi connectivity index (χ0n) is 11.2. The third-order valence-electron chi connectivity index (χ3n) is 3.44. The minimum Gasteiger partial charge on any atom is -0.263 e. The molecule has 0 saturated heterocycles. The lowest BCUT2D eigenvalue weighted by Gasteiger charge is -2.10. The molecule has 0 bridgehead atoms. The maximum absolute atomic E-state index is 6.26. The third-order valence-corrected chi connectivity index (χ3v) is 3.81.